The molecule has 7 heteroatoms. The Morgan fingerprint density at radius 1 is 1.27 bits per heavy atom. The summed E-state index contributed by atoms with van der Waals surface area (Å²) in [5.74, 6) is -1.84. The Kier molecular flexibility index (Phi) is 7.60. The molecule has 0 aromatic heterocycles. The highest BCUT2D eigenvalue weighted by Crippen LogP contribution is 2.34. The van der Waals surface area contributed by atoms with Crippen molar-refractivity contribution in [2.24, 2.45) is 0 Å². The summed E-state index contributed by atoms with van der Waals surface area (Å²) in [6.07, 6.45) is 1.49. The molecule has 0 aliphatic heterocycles. The van der Waals surface area contributed by atoms with Crippen molar-refractivity contribution in [3.63, 3.8) is 0 Å². The second-order valence-corrected chi connectivity index (χ2v) is 4.97. The first-order valence-electron chi connectivity index (χ1n) is 6.18. The molecule has 2 unspecified atom stereocenters. The van der Waals surface area contributed by atoms with E-state index in [1.807, 2.05) is 0 Å². The summed E-state index contributed by atoms with van der Waals surface area (Å²) < 4.78 is 26.9. The van der Waals surface area contributed by atoms with E-state index in [4.69, 9.17) is 19.5 Å². The molecule has 0 saturated heterocycles. The van der Waals surface area contributed by atoms with Crippen LogP contribution in [0.15, 0.2) is 49.1 Å². The number of ether oxygens (including phenoxy) is 1. The summed E-state index contributed by atoms with van der Waals surface area (Å²) in [6, 6.07) is 10.1. The average molecular weight is 328 g/mol. The molecule has 0 spiro atoms. The number of fused-ring (bicyclic) bond motifs is 1. The number of hydrogen-bond donors (Lipinski definition) is 2. The minimum Gasteiger partial charge on any atom is -0.458 e. The van der Waals surface area contributed by atoms with Crippen molar-refractivity contribution in [1.29, 1.82) is 0 Å². The molecule has 2 aromatic rings. The van der Waals surface area contributed by atoms with Crippen molar-refractivity contribution < 1.29 is 28.7 Å². The summed E-state index contributed by atoms with van der Waals surface area (Å²) >= 11 is 0. The third-order valence-corrected chi connectivity index (χ3v) is 3.40. The van der Waals surface area contributed by atoms with E-state index < -0.39 is 20.7 Å². The molecule has 118 valence electrons. The number of alkyl halides is 1. The van der Waals surface area contributed by atoms with Crippen molar-refractivity contribution in [2.75, 3.05) is 6.61 Å². The van der Waals surface area contributed by atoms with E-state index >= 15 is 0 Å². The van der Waals surface area contributed by atoms with E-state index in [9.17, 15) is 9.18 Å². The van der Waals surface area contributed by atoms with E-state index in [-0.39, 0.29) is 6.61 Å². The molecule has 2 rings (SSSR count). The van der Waals surface area contributed by atoms with E-state index in [2.05, 4.69) is 6.58 Å². The fraction of sp³-hybridized carbons (Fsp3) is 0.133. The van der Waals surface area contributed by atoms with Crippen LogP contribution in [0.1, 0.15) is 21.8 Å². The molecule has 0 heterocycles. The molecule has 2 aromatic carbocycles. The Labute approximate surface area is 127 Å². The van der Waals surface area contributed by atoms with Crippen LogP contribution in [0.5, 0.6) is 0 Å². The Morgan fingerprint density at radius 3 is 2.59 bits per heavy atom. The largest absolute Gasteiger partial charge is 0.458 e. The second kappa shape index (κ2) is 9.20. The summed E-state index contributed by atoms with van der Waals surface area (Å²) in [4.78, 5) is 20.6. The number of esters is 1. The van der Waals surface area contributed by atoms with E-state index in [0.29, 0.717) is 11.1 Å². The molecule has 22 heavy (non-hydrogen) atoms. The number of carbonyl (C=O) groups excluding carboxylic acids is 1. The first-order chi connectivity index (χ1) is 10.7. The molecule has 4 nitrogen and oxygen atoms in total. The van der Waals surface area contributed by atoms with Crippen LogP contribution in [0, 0.1) is 0 Å². The fourth-order valence-corrected chi connectivity index (χ4v) is 2.17. The molecule has 0 aliphatic carbocycles. The number of carbonyl (C=O) groups is 1. The lowest BCUT2D eigenvalue weighted by atomic mass is 10.0. The first-order valence-corrected chi connectivity index (χ1v) is 7.20. The Bertz CT molecular complexity index is 648. The third-order valence-electron chi connectivity index (χ3n) is 2.84. The van der Waals surface area contributed by atoms with Crippen LogP contribution >= 0.6 is 8.81 Å². The molecular weight excluding hydrogens is 313 g/mol. The van der Waals surface area contributed by atoms with Crippen molar-refractivity contribution in [2.45, 2.75) is 5.91 Å². The Morgan fingerprint density at radius 2 is 1.95 bits per heavy atom. The zero-order valence-corrected chi connectivity index (χ0v) is 12.5. The van der Waals surface area contributed by atoms with Crippen molar-refractivity contribution in [3.05, 3.63) is 60.2 Å². The van der Waals surface area contributed by atoms with Gasteiger partial charge in [-0.05, 0) is 34.5 Å². The van der Waals surface area contributed by atoms with E-state index in [1.165, 1.54) is 6.08 Å². The van der Waals surface area contributed by atoms with Gasteiger partial charge in [0.1, 0.15) is 6.61 Å². The van der Waals surface area contributed by atoms with E-state index in [0.717, 1.165) is 10.8 Å². The zero-order valence-electron chi connectivity index (χ0n) is 11.5. The van der Waals surface area contributed by atoms with Gasteiger partial charge in [-0.15, -0.1) is 0 Å². The van der Waals surface area contributed by atoms with Crippen LogP contribution in [0.4, 0.5) is 8.92 Å². The molecular formula is C15H15F2O4P. The van der Waals surface area contributed by atoms with Gasteiger partial charge >= 0.3 is 5.97 Å². The normalized spacial score (nSPS) is 11.8. The number of benzene rings is 2. The van der Waals surface area contributed by atoms with Gasteiger partial charge < -0.3 is 9.63 Å². The molecule has 0 aliphatic rings. The average Bonchev–Trinajstić information content (AvgIpc) is 2.59. The molecule has 2 N–H and O–H groups in total. The van der Waals surface area contributed by atoms with E-state index in [1.54, 1.807) is 36.4 Å². The quantitative estimate of drug-likeness (QED) is 0.500. The Balaban J connectivity index is 0.00000116. The van der Waals surface area contributed by atoms with Gasteiger partial charge in [-0.3, -0.25) is 0 Å². The highest BCUT2D eigenvalue weighted by atomic mass is 31.1. The van der Waals surface area contributed by atoms with Gasteiger partial charge in [-0.2, -0.15) is 0 Å². The maximum atomic E-state index is 13.5. The lowest BCUT2D eigenvalue weighted by Gasteiger charge is -2.08. The van der Waals surface area contributed by atoms with Gasteiger partial charge in [-0.1, -0.05) is 35.4 Å². The summed E-state index contributed by atoms with van der Waals surface area (Å²) in [5.41, 5.74) is 0.799. The highest BCUT2D eigenvalue weighted by Gasteiger charge is 2.11. The maximum Gasteiger partial charge on any atom is 0.338 e. The van der Waals surface area contributed by atoms with Crippen LogP contribution in [0.3, 0.4) is 0 Å². The van der Waals surface area contributed by atoms with Crippen LogP contribution in [0.25, 0.3) is 10.8 Å². The summed E-state index contributed by atoms with van der Waals surface area (Å²) in [7, 11) is -0.797. The van der Waals surface area contributed by atoms with Gasteiger partial charge in [0.15, 0.2) is 5.91 Å². The maximum absolute atomic E-state index is 13.5. The second-order valence-electron chi connectivity index (χ2n) is 4.20. The number of halogens is 2. The lowest BCUT2D eigenvalue weighted by molar-refractivity contribution is -0.0441. The molecule has 2 atom stereocenters. The molecule has 0 saturated carbocycles. The van der Waals surface area contributed by atoms with Crippen LogP contribution < -0.4 is 0 Å². The summed E-state index contributed by atoms with van der Waals surface area (Å²) in [5, 5.41) is 7.12. The van der Waals surface area contributed by atoms with Crippen LogP contribution in [-0.4, -0.2) is 22.8 Å². The predicted octanol–water partition coefficient (Wildman–Crippen LogP) is 3.60. The Hall–Kier alpha value is -1.88. The van der Waals surface area contributed by atoms with Crippen LogP contribution in [0.2, 0.25) is 0 Å². The number of hydrogen-bond acceptors (Lipinski definition) is 4. The predicted molar refractivity (Wildman–Crippen MR) is 82.1 cm³/mol. The SMILES string of the molecule is C=CCOC(=O)c1ccc2ccc(C(F)PO)cc2c1.OF. The van der Waals surface area contributed by atoms with Crippen LogP contribution in [-0.2, 0) is 4.74 Å². The molecule has 0 radical (unpaired) electrons. The van der Waals surface area contributed by atoms with Gasteiger partial charge in [0.2, 0.25) is 0 Å². The highest BCUT2D eigenvalue weighted by molar-refractivity contribution is 7.31. The topological polar surface area (TPSA) is 66.8 Å². The fourth-order valence-electron chi connectivity index (χ4n) is 1.84. The van der Waals surface area contributed by atoms with Crippen molar-refractivity contribution in [1.82, 2.24) is 0 Å². The molecule has 0 amide bonds. The van der Waals surface area contributed by atoms with Crippen molar-refractivity contribution >= 4 is 25.5 Å². The minimum atomic E-state index is -1.39. The van der Waals surface area contributed by atoms with Gasteiger partial charge in [-0.25, -0.2) is 14.5 Å². The number of rotatable bonds is 5. The standard InChI is InChI=1S/C15H14FO3P.FHO/c1-2-7-19-15(17)12-6-4-10-3-5-11(14(16)20-18)8-13(10)9-12;1-2/h2-6,8-9,14,18,20H,1,7H2;2H. The van der Waals surface area contributed by atoms with Crippen molar-refractivity contribution in [3.8, 4) is 0 Å². The van der Waals surface area contributed by atoms with Gasteiger partial charge in [0.25, 0.3) is 0 Å². The van der Waals surface area contributed by atoms with Gasteiger partial charge in [0, 0.05) is 0 Å². The van der Waals surface area contributed by atoms with Gasteiger partial charge in [0.05, 0.1) is 14.4 Å². The smallest absolute Gasteiger partial charge is 0.338 e. The lowest BCUT2D eigenvalue weighted by Crippen LogP contribution is -2.04. The molecule has 0 bridgehead atoms. The minimum absolute atomic E-state index is 0.148. The monoisotopic (exact) mass is 328 g/mol. The molecule has 0 fully saturated rings. The first kappa shape index (κ1) is 18.2. The third kappa shape index (κ3) is 4.56. The summed E-state index contributed by atoms with van der Waals surface area (Å²) in [6.45, 7) is 3.62. The zero-order chi connectivity index (χ0) is 16.5.